The summed E-state index contributed by atoms with van der Waals surface area (Å²) < 4.78 is 11.2. The Morgan fingerprint density at radius 2 is 2.18 bits per heavy atom. The van der Waals surface area contributed by atoms with E-state index in [-0.39, 0.29) is 0 Å². The Balaban J connectivity index is 2.54. The number of nitrogens with one attached hydrogen (secondary N) is 1. The molecule has 0 aliphatic carbocycles. The van der Waals surface area contributed by atoms with Crippen LogP contribution in [0.25, 0.3) is 0 Å². The smallest absolute Gasteiger partial charge is 0.190 e. The summed E-state index contributed by atoms with van der Waals surface area (Å²) in [6.45, 7) is 0. The molecule has 0 bridgehead atoms. The third kappa shape index (κ3) is 1.10. The van der Waals surface area contributed by atoms with Gasteiger partial charge in [0.25, 0.3) is 0 Å². The van der Waals surface area contributed by atoms with Gasteiger partial charge in [-0.3, -0.25) is 0 Å². The van der Waals surface area contributed by atoms with Crippen molar-refractivity contribution < 1.29 is 4.55 Å². The zero-order valence-corrected chi connectivity index (χ0v) is 6.47. The molecule has 3 nitrogen and oxygen atoms in total. The molecule has 11 heavy (non-hydrogen) atoms. The van der Waals surface area contributed by atoms with Crippen LogP contribution in [0.2, 0.25) is 0 Å². The Bertz CT molecular complexity index is 300. The SMILES string of the molecule is [O-][S+]1NN=Cc2ccccc21. The summed E-state index contributed by atoms with van der Waals surface area (Å²) in [6, 6.07) is 7.46. The molecule has 56 valence electrons. The third-order valence-corrected chi connectivity index (χ3v) is 2.50. The first kappa shape index (κ1) is 6.69. The molecule has 1 aromatic rings. The number of fused-ring (bicyclic) bond motifs is 1. The van der Waals surface area contributed by atoms with Gasteiger partial charge in [-0.2, -0.15) is 0 Å². The molecule has 0 saturated heterocycles. The van der Waals surface area contributed by atoms with Crippen molar-refractivity contribution >= 4 is 17.6 Å². The van der Waals surface area contributed by atoms with Gasteiger partial charge >= 0.3 is 0 Å². The summed E-state index contributed by atoms with van der Waals surface area (Å²) in [6.07, 6.45) is 1.66. The lowest BCUT2D eigenvalue weighted by atomic mass is 10.2. The highest BCUT2D eigenvalue weighted by molar-refractivity contribution is 7.89. The summed E-state index contributed by atoms with van der Waals surface area (Å²) in [7, 11) is 0. The quantitative estimate of drug-likeness (QED) is 0.575. The Morgan fingerprint density at radius 1 is 1.36 bits per heavy atom. The van der Waals surface area contributed by atoms with Gasteiger partial charge in [-0.15, -0.1) is 9.93 Å². The molecule has 1 unspecified atom stereocenters. The molecule has 0 saturated carbocycles. The molecule has 1 N–H and O–H groups in total. The van der Waals surface area contributed by atoms with E-state index in [0.29, 0.717) is 0 Å². The van der Waals surface area contributed by atoms with Crippen molar-refractivity contribution in [1.82, 2.24) is 4.83 Å². The standard InChI is InChI=1S/C7H6N2OS/c10-11-7-4-2-1-3-6(7)5-8-9-11/h1-5,9H. The summed E-state index contributed by atoms with van der Waals surface area (Å²) in [4.78, 5) is 3.27. The van der Waals surface area contributed by atoms with Crippen LogP contribution in [0, 0.1) is 0 Å². The van der Waals surface area contributed by atoms with Crippen LogP contribution >= 0.6 is 0 Å². The second-order valence-corrected chi connectivity index (χ2v) is 3.32. The topological polar surface area (TPSA) is 47.4 Å². The molecule has 0 spiro atoms. The lowest BCUT2D eigenvalue weighted by Crippen LogP contribution is -2.23. The molecule has 0 fully saturated rings. The molecule has 0 aromatic heterocycles. The van der Waals surface area contributed by atoms with E-state index < -0.39 is 11.4 Å². The van der Waals surface area contributed by atoms with E-state index in [2.05, 4.69) is 9.93 Å². The Labute approximate surface area is 67.4 Å². The molecular weight excluding hydrogens is 160 g/mol. The maximum Gasteiger partial charge on any atom is 0.190 e. The fourth-order valence-electron chi connectivity index (χ4n) is 0.949. The number of benzene rings is 1. The first-order valence-corrected chi connectivity index (χ1v) is 4.32. The predicted molar refractivity (Wildman–Crippen MR) is 43.6 cm³/mol. The number of hydrogen-bond donors (Lipinski definition) is 1. The molecule has 1 heterocycles. The van der Waals surface area contributed by atoms with E-state index in [1.807, 2.05) is 24.3 Å². The molecule has 1 aliphatic heterocycles. The molecule has 4 heteroatoms. The monoisotopic (exact) mass is 166 g/mol. The van der Waals surface area contributed by atoms with Crippen LogP contribution < -0.4 is 4.83 Å². The third-order valence-electron chi connectivity index (χ3n) is 1.46. The van der Waals surface area contributed by atoms with Crippen LogP contribution in [0.5, 0.6) is 0 Å². The lowest BCUT2D eigenvalue weighted by Gasteiger charge is -2.12. The minimum absolute atomic E-state index is 0.794. The summed E-state index contributed by atoms with van der Waals surface area (Å²) in [5.41, 5.74) is 0.921. The zero-order chi connectivity index (χ0) is 7.68. The van der Waals surface area contributed by atoms with Gasteiger partial charge in [0.2, 0.25) is 0 Å². The number of rotatable bonds is 0. The van der Waals surface area contributed by atoms with E-state index in [9.17, 15) is 4.55 Å². The van der Waals surface area contributed by atoms with Crippen molar-refractivity contribution in [3.05, 3.63) is 29.8 Å². The van der Waals surface area contributed by atoms with Gasteiger partial charge in [-0.1, -0.05) is 12.1 Å². The highest BCUT2D eigenvalue weighted by atomic mass is 32.2. The first-order valence-electron chi connectivity index (χ1n) is 3.17. The first-order chi connectivity index (χ1) is 5.38. The average Bonchev–Trinajstić information content (AvgIpc) is 2.06. The number of nitrogens with zero attached hydrogens (tertiary/aromatic N) is 1. The Morgan fingerprint density at radius 3 is 3.00 bits per heavy atom. The van der Waals surface area contributed by atoms with E-state index in [1.165, 1.54) is 0 Å². The lowest BCUT2D eigenvalue weighted by molar-refractivity contribution is 0.582. The average molecular weight is 166 g/mol. The van der Waals surface area contributed by atoms with Crippen LogP contribution in [0.4, 0.5) is 0 Å². The van der Waals surface area contributed by atoms with Gasteiger partial charge in [0, 0.05) is 0 Å². The van der Waals surface area contributed by atoms with Crippen molar-refractivity contribution in [2.75, 3.05) is 0 Å². The fourth-order valence-corrected chi connectivity index (χ4v) is 1.73. The largest absolute Gasteiger partial charge is 0.587 e. The molecule has 0 amide bonds. The van der Waals surface area contributed by atoms with Crippen molar-refractivity contribution in [2.24, 2.45) is 5.10 Å². The Hall–Kier alpha value is -1.00. The molecule has 1 atom stereocenters. The van der Waals surface area contributed by atoms with Crippen LogP contribution in [0.3, 0.4) is 0 Å². The van der Waals surface area contributed by atoms with Crippen LogP contribution in [0.1, 0.15) is 5.56 Å². The van der Waals surface area contributed by atoms with Crippen molar-refractivity contribution in [3.63, 3.8) is 0 Å². The van der Waals surface area contributed by atoms with E-state index in [1.54, 1.807) is 6.21 Å². The zero-order valence-electron chi connectivity index (χ0n) is 5.65. The maximum absolute atomic E-state index is 11.2. The van der Waals surface area contributed by atoms with Crippen LogP contribution in [-0.2, 0) is 11.4 Å². The molecular formula is C7H6N2OS. The van der Waals surface area contributed by atoms with E-state index >= 15 is 0 Å². The van der Waals surface area contributed by atoms with Gasteiger partial charge in [-0.25, -0.2) is 0 Å². The molecule has 2 rings (SSSR count). The fraction of sp³-hybridized carbons (Fsp3) is 0. The molecule has 0 radical (unpaired) electrons. The molecule has 1 aromatic carbocycles. The van der Waals surface area contributed by atoms with Crippen LogP contribution in [-0.4, -0.2) is 10.8 Å². The van der Waals surface area contributed by atoms with Crippen molar-refractivity contribution in [3.8, 4) is 0 Å². The number of hydrogen-bond acceptors (Lipinski definition) is 3. The minimum atomic E-state index is -1.16. The van der Waals surface area contributed by atoms with E-state index in [0.717, 1.165) is 10.5 Å². The van der Waals surface area contributed by atoms with Gasteiger partial charge in [0.15, 0.2) is 4.90 Å². The summed E-state index contributed by atoms with van der Waals surface area (Å²) in [5, 5.41) is 3.72. The summed E-state index contributed by atoms with van der Waals surface area (Å²) in [5.74, 6) is 0. The normalized spacial score (nSPS) is 20.6. The van der Waals surface area contributed by atoms with Crippen molar-refractivity contribution in [1.29, 1.82) is 0 Å². The predicted octanol–water partition coefficient (Wildman–Crippen LogP) is 0.646. The van der Waals surface area contributed by atoms with Gasteiger partial charge in [-0.05, 0) is 12.1 Å². The van der Waals surface area contributed by atoms with Crippen molar-refractivity contribution in [2.45, 2.75) is 4.90 Å². The second-order valence-electron chi connectivity index (χ2n) is 2.16. The maximum atomic E-state index is 11.2. The second kappa shape index (κ2) is 2.56. The molecule has 1 aliphatic rings. The highest BCUT2D eigenvalue weighted by Crippen LogP contribution is 2.15. The van der Waals surface area contributed by atoms with Gasteiger partial charge in [0.05, 0.1) is 11.8 Å². The summed E-state index contributed by atoms with van der Waals surface area (Å²) >= 11 is -1.16. The van der Waals surface area contributed by atoms with Gasteiger partial charge < -0.3 is 4.55 Å². The van der Waals surface area contributed by atoms with Gasteiger partial charge in [0.1, 0.15) is 11.4 Å². The van der Waals surface area contributed by atoms with E-state index in [4.69, 9.17) is 0 Å². The van der Waals surface area contributed by atoms with Crippen LogP contribution in [0.15, 0.2) is 34.3 Å². The minimum Gasteiger partial charge on any atom is -0.587 e. The number of hydrazone groups is 1. The Kier molecular flexibility index (Phi) is 1.56. The highest BCUT2D eigenvalue weighted by Gasteiger charge is 2.17.